The molecule has 0 radical (unpaired) electrons. The first kappa shape index (κ1) is 23.3. The quantitative estimate of drug-likeness (QED) is 0.311. The highest BCUT2D eigenvalue weighted by molar-refractivity contribution is 6.03. The molecule has 2 aromatic carbocycles. The van der Waals surface area contributed by atoms with Crippen molar-refractivity contribution in [2.75, 3.05) is 25.6 Å². The first-order valence-corrected chi connectivity index (χ1v) is 10.4. The summed E-state index contributed by atoms with van der Waals surface area (Å²) >= 11 is 0. The van der Waals surface area contributed by atoms with E-state index in [1.54, 1.807) is 48.5 Å². The maximum atomic E-state index is 12.8. The molecule has 2 aromatic rings. The number of rotatable bonds is 9. The van der Waals surface area contributed by atoms with E-state index in [9.17, 15) is 14.7 Å². The highest BCUT2D eigenvalue weighted by Gasteiger charge is 2.29. The molecule has 8 heteroatoms. The molecule has 0 aromatic heterocycles. The van der Waals surface area contributed by atoms with Crippen molar-refractivity contribution in [3.8, 4) is 5.75 Å². The Morgan fingerprint density at radius 3 is 2.56 bits per heavy atom. The molecule has 0 saturated heterocycles. The van der Waals surface area contributed by atoms with Crippen LogP contribution in [-0.4, -0.2) is 48.7 Å². The van der Waals surface area contributed by atoms with Gasteiger partial charge in [-0.2, -0.15) is 0 Å². The molecule has 3 N–H and O–H groups in total. The number of esters is 1. The number of allylic oxidation sites excluding steroid dienone is 1. The van der Waals surface area contributed by atoms with Gasteiger partial charge in [0.05, 0.1) is 25.0 Å². The van der Waals surface area contributed by atoms with Gasteiger partial charge in [-0.15, -0.1) is 0 Å². The average molecular weight is 441 g/mol. The van der Waals surface area contributed by atoms with E-state index in [0.717, 1.165) is 5.56 Å². The highest BCUT2D eigenvalue weighted by Crippen LogP contribution is 2.33. The van der Waals surface area contributed by atoms with E-state index in [0.29, 0.717) is 31.4 Å². The maximum Gasteiger partial charge on any atom is 0.337 e. The van der Waals surface area contributed by atoms with Gasteiger partial charge >= 0.3 is 5.97 Å². The smallest absolute Gasteiger partial charge is 0.337 e. The molecule has 1 heterocycles. The molecule has 0 fully saturated rings. The van der Waals surface area contributed by atoms with Crippen LogP contribution in [0.5, 0.6) is 5.75 Å². The monoisotopic (exact) mass is 441 g/mol. The predicted molar refractivity (Wildman–Crippen MR) is 117 cm³/mol. The molecular weight excluding hydrogens is 414 g/mol. The second-order valence-electron chi connectivity index (χ2n) is 7.31. The number of hydrogen-bond donors (Lipinski definition) is 3. The van der Waals surface area contributed by atoms with E-state index < -0.39 is 18.2 Å². The first-order chi connectivity index (χ1) is 15.5. The number of aromatic hydroxyl groups is 1. The minimum absolute atomic E-state index is 0.0518. The zero-order valence-electron chi connectivity index (χ0n) is 17.8. The molecule has 0 unspecified atom stereocenters. The Morgan fingerprint density at radius 2 is 1.88 bits per heavy atom. The molecule has 0 saturated carbocycles. The Labute approximate surface area is 186 Å². The lowest BCUT2D eigenvalue weighted by atomic mass is 9.92. The molecule has 8 nitrogen and oxygen atoms in total. The number of para-hydroxylation sites is 2. The summed E-state index contributed by atoms with van der Waals surface area (Å²) < 4.78 is 16.3. The molecule has 1 aliphatic rings. The van der Waals surface area contributed by atoms with Crippen LogP contribution in [0.15, 0.2) is 60.4 Å². The average Bonchev–Trinajstić information content (AvgIpc) is 2.82. The molecule has 2 atom stereocenters. The normalized spacial score (nSPS) is 17.8. The number of aliphatic hydroxyl groups excluding tert-OH is 1. The van der Waals surface area contributed by atoms with Gasteiger partial charge in [-0.1, -0.05) is 24.3 Å². The van der Waals surface area contributed by atoms with Crippen LogP contribution in [0, 0.1) is 0 Å². The van der Waals surface area contributed by atoms with Crippen LogP contribution in [0.2, 0.25) is 0 Å². The van der Waals surface area contributed by atoms with E-state index >= 15 is 0 Å². The maximum absolute atomic E-state index is 12.8. The number of anilines is 1. The molecule has 0 spiro atoms. The van der Waals surface area contributed by atoms with Gasteiger partial charge in [0.2, 0.25) is 6.29 Å². The van der Waals surface area contributed by atoms with Gasteiger partial charge in [-0.25, -0.2) is 4.79 Å². The van der Waals surface area contributed by atoms with Crippen molar-refractivity contribution < 1.29 is 34.0 Å². The van der Waals surface area contributed by atoms with Crippen molar-refractivity contribution in [3.05, 3.63) is 71.5 Å². The summed E-state index contributed by atoms with van der Waals surface area (Å²) in [5, 5.41) is 21.5. The number of hydrogen-bond acceptors (Lipinski definition) is 7. The van der Waals surface area contributed by atoms with Gasteiger partial charge < -0.3 is 29.7 Å². The van der Waals surface area contributed by atoms with Crippen LogP contribution >= 0.6 is 0 Å². The summed E-state index contributed by atoms with van der Waals surface area (Å²) in [6, 6.07) is 13.4. The van der Waals surface area contributed by atoms with E-state index in [-0.39, 0.29) is 29.7 Å². The lowest BCUT2D eigenvalue weighted by Crippen LogP contribution is -2.29. The van der Waals surface area contributed by atoms with E-state index in [2.05, 4.69) is 5.32 Å². The Hall–Kier alpha value is -3.36. The van der Waals surface area contributed by atoms with Crippen LogP contribution < -0.4 is 5.32 Å². The molecule has 0 aliphatic carbocycles. The van der Waals surface area contributed by atoms with Crippen LogP contribution in [0.3, 0.4) is 0 Å². The predicted octanol–water partition coefficient (Wildman–Crippen LogP) is 3.32. The third-order valence-corrected chi connectivity index (χ3v) is 5.05. The van der Waals surface area contributed by atoms with Crippen LogP contribution in [0.25, 0.3) is 0 Å². The van der Waals surface area contributed by atoms with Crippen molar-refractivity contribution >= 4 is 17.6 Å². The summed E-state index contributed by atoms with van der Waals surface area (Å²) in [4.78, 5) is 24.5. The fourth-order valence-electron chi connectivity index (χ4n) is 3.33. The number of methoxy groups -OCH3 is 1. The van der Waals surface area contributed by atoms with Gasteiger partial charge in [0.25, 0.3) is 5.91 Å². The van der Waals surface area contributed by atoms with Gasteiger partial charge in [0, 0.05) is 18.9 Å². The number of unbranched alkanes of at least 4 members (excludes halogenated alkanes) is 1. The van der Waals surface area contributed by atoms with Gasteiger partial charge in [-0.05, 0) is 48.7 Å². The fourth-order valence-corrected chi connectivity index (χ4v) is 3.33. The summed E-state index contributed by atoms with van der Waals surface area (Å²) in [6.45, 7) is 0.464. The standard InChI is InChI=1S/C24H27NO7/c1-30-24(29)17-10-8-16(9-11-17)18-14-21(32-22(15-18)31-13-5-4-12-26)23(28)25-19-6-2-3-7-20(19)27/h2-3,6-11,14,18,22,26-27H,4-5,12-13,15H2,1H3,(H,25,28)/t18-,22+/m0/s1. The Bertz CT molecular complexity index is 955. The number of amides is 1. The number of phenols is 1. The number of nitrogens with one attached hydrogen (secondary N) is 1. The SMILES string of the molecule is COC(=O)c1ccc([C@H]2C=C(C(=O)Nc3ccccc3O)O[C@@H](OCCCCO)C2)cc1. The number of ether oxygens (including phenoxy) is 3. The summed E-state index contributed by atoms with van der Waals surface area (Å²) in [5.74, 6) is -1.10. The second-order valence-corrected chi connectivity index (χ2v) is 7.31. The van der Waals surface area contributed by atoms with Crippen molar-refractivity contribution in [2.24, 2.45) is 0 Å². The topological polar surface area (TPSA) is 114 Å². The molecule has 3 rings (SSSR count). The number of carbonyl (C=O) groups is 2. The molecule has 1 aliphatic heterocycles. The van der Waals surface area contributed by atoms with Crippen LogP contribution in [-0.2, 0) is 19.0 Å². The lowest BCUT2D eigenvalue weighted by Gasteiger charge is -2.29. The van der Waals surface area contributed by atoms with E-state index in [1.807, 2.05) is 0 Å². The van der Waals surface area contributed by atoms with Gasteiger partial charge in [0.1, 0.15) is 5.75 Å². The second kappa shape index (κ2) is 11.3. The minimum atomic E-state index is -0.658. The van der Waals surface area contributed by atoms with Crippen molar-refractivity contribution in [1.82, 2.24) is 0 Å². The number of benzene rings is 2. The third-order valence-electron chi connectivity index (χ3n) is 5.05. The zero-order chi connectivity index (χ0) is 22.9. The third kappa shape index (κ3) is 6.09. The minimum Gasteiger partial charge on any atom is -0.506 e. The Balaban J connectivity index is 1.79. The van der Waals surface area contributed by atoms with Crippen molar-refractivity contribution in [1.29, 1.82) is 0 Å². The summed E-state index contributed by atoms with van der Waals surface area (Å²) in [6.07, 6.45) is 2.80. The largest absolute Gasteiger partial charge is 0.506 e. The number of aliphatic hydroxyl groups is 1. The van der Waals surface area contributed by atoms with E-state index in [4.69, 9.17) is 19.3 Å². The van der Waals surface area contributed by atoms with Gasteiger partial charge in [0.15, 0.2) is 5.76 Å². The summed E-state index contributed by atoms with van der Waals surface area (Å²) in [7, 11) is 1.33. The van der Waals surface area contributed by atoms with Crippen molar-refractivity contribution in [2.45, 2.75) is 31.5 Å². The van der Waals surface area contributed by atoms with Crippen LogP contribution in [0.1, 0.15) is 41.1 Å². The molecule has 170 valence electrons. The highest BCUT2D eigenvalue weighted by atomic mass is 16.7. The Kier molecular flexibility index (Phi) is 8.24. The van der Waals surface area contributed by atoms with Gasteiger partial charge in [-0.3, -0.25) is 4.79 Å². The summed E-state index contributed by atoms with van der Waals surface area (Å²) in [5.41, 5.74) is 1.59. The number of carbonyl (C=O) groups excluding carboxylic acids is 2. The molecular formula is C24H27NO7. The fraction of sp³-hybridized carbons (Fsp3) is 0.333. The zero-order valence-corrected chi connectivity index (χ0v) is 17.8. The molecule has 0 bridgehead atoms. The van der Waals surface area contributed by atoms with E-state index in [1.165, 1.54) is 13.2 Å². The van der Waals surface area contributed by atoms with Crippen molar-refractivity contribution in [3.63, 3.8) is 0 Å². The number of phenolic OH excluding ortho intramolecular Hbond substituents is 1. The lowest BCUT2D eigenvalue weighted by molar-refractivity contribution is -0.143. The van der Waals surface area contributed by atoms with Crippen LogP contribution in [0.4, 0.5) is 5.69 Å². The Morgan fingerprint density at radius 1 is 1.12 bits per heavy atom. The molecule has 32 heavy (non-hydrogen) atoms. The molecule has 1 amide bonds. The first-order valence-electron chi connectivity index (χ1n) is 10.4.